The lowest BCUT2D eigenvalue weighted by Crippen LogP contribution is -2.38. The van der Waals surface area contributed by atoms with E-state index in [4.69, 9.17) is 9.84 Å². The first-order chi connectivity index (χ1) is 16.5. The number of hydrogen-bond acceptors (Lipinski definition) is 5. The van der Waals surface area contributed by atoms with Gasteiger partial charge in [-0.1, -0.05) is 136 Å². The van der Waals surface area contributed by atoms with E-state index in [1.54, 1.807) is 0 Å². The molecule has 0 spiro atoms. The first-order valence-electron chi connectivity index (χ1n) is 14.5. The van der Waals surface area contributed by atoms with Crippen LogP contribution in [-0.2, 0) is 14.3 Å². The molecule has 0 rings (SSSR count). The van der Waals surface area contributed by atoms with Crippen molar-refractivity contribution >= 4 is 11.9 Å². The monoisotopic (exact) mass is 484 g/mol. The SMILES string of the molecule is CCCCCCCCC(CCCCCCCC)(CCCCCCCC)C(=O)OC(=O)C(O)CO. The van der Waals surface area contributed by atoms with E-state index < -0.39 is 30.1 Å². The normalized spacial score (nSPS) is 12.6. The minimum absolute atomic E-state index is 0.485. The Morgan fingerprint density at radius 2 is 0.941 bits per heavy atom. The van der Waals surface area contributed by atoms with Crippen LogP contribution in [0.1, 0.15) is 156 Å². The molecule has 0 aromatic carbocycles. The second-order valence-electron chi connectivity index (χ2n) is 10.2. The zero-order chi connectivity index (χ0) is 25.5. The Kier molecular flexibility index (Phi) is 21.9. The number of ether oxygens (including phenoxy) is 1. The molecule has 0 fully saturated rings. The molecule has 202 valence electrons. The van der Waals surface area contributed by atoms with Crippen LogP contribution in [0, 0.1) is 5.41 Å². The summed E-state index contributed by atoms with van der Waals surface area (Å²) in [5.41, 5.74) is -0.662. The Balaban J connectivity index is 5.23. The van der Waals surface area contributed by atoms with E-state index in [2.05, 4.69) is 20.8 Å². The molecule has 0 saturated carbocycles. The maximum Gasteiger partial charge on any atom is 0.345 e. The standard InChI is InChI=1S/C29H56O5/c1-4-7-10-13-16-19-22-29(23-20-17-14-11-8-5-2,24-21-18-15-12-9-6-3)28(33)34-27(32)26(31)25-30/h26,30-31H,4-25H2,1-3H3. The van der Waals surface area contributed by atoms with Crippen LogP contribution in [0.4, 0.5) is 0 Å². The van der Waals surface area contributed by atoms with Crippen molar-refractivity contribution in [3.8, 4) is 0 Å². The second-order valence-corrected chi connectivity index (χ2v) is 10.2. The highest BCUT2D eigenvalue weighted by Gasteiger charge is 2.40. The van der Waals surface area contributed by atoms with Gasteiger partial charge in [0.15, 0.2) is 6.10 Å². The highest BCUT2D eigenvalue weighted by Crippen LogP contribution is 2.39. The summed E-state index contributed by atoms with van der Waals surface area (Å²) in [5.74, 6) is -1.51. The first kappa shape index (κ1) is 33.1. The van der Waals surface area contributed by atoms with Gasteiger partial charge in [-0.3, -0.25) is 4.79 Å². The van der Waals surface area contributed by atoms with E-state index in [0.29, 0.717) is 0 Å². The highest BCUT2D eigenvalue weighted by molar-refractivity contribution is 5.90. The summed E-state index contributed by atoms with van der Waals surface area (Å²) >= 11 is 0. The average molecular weight is 485 g/mol. The molecule has 34 heavy (non-hydrogen) atoms. The van der Waals surface area contributed by atoms with E-state index in [1.807, 2.05) is 0 Å². The number of aliphatic hydroxyl groups excluding tert-OH is 2. The molecule has 0 radical (unpaired) electrons. The van der Waals surface area contributed by atoms with Gasteiger partial charge >= 0.3 is 11.9 Å². The smallest absolute Gasteiger partial charge is 0.345 e. The van der Waals surface area contributed by atoms with Crippen LogP contribution in [-0.4, -0.2) is 34.9 Å². The minimum atomic E-state index is -1.65. The van der Waals surface area contributed by atoms with Crippen molar-refractivity contribution in [2.24, 2.45) is 5.41 Å². The van der Waals surface area contributed by atoms with E-state index in [-0.39, 0.29) is 0 Å². The number of esters is 2. The zero-order valence-electron chi connectivity index (χ0n) is 22.8. The molecule has 2 N–H and O–H groups in total. The molecule has 0 bridgehead atoms. The van der Waals surface area contributed by atoms with Gasteiger partial charge in [0.1, 0.15) is 0 Å². The lowest BCUT2D eigenvalue weighted by Gasteiger charge is -2.32. The molecule has 1 unspecified atom stereocenters. The van der Waals surface area contributed by atoms with E-state index in [1.165, 1.54) is 77.0 Å². The van der Waals surface area contributed by atoms with Crippen molar-refractivity contribution in [2.75, 3.05) is 6.61 Å². The van der Waals surface area contributed by atoms with Gasteiger partial charge in [0.05, 0.1) is 12.0 Å². The molecule has 1 atom stereocenters. The number of carbonyl (C=O) groups is 2. The summed E-state index contributed by atoms with van der Waals surface area (Å²) in [6, 6.07) is 0. The topological polar surface area (TPSA) is 83.8 Å². The Bertz CT molecular complexity index is 450. The van der Waals surface area contributed by atoms with Crippen molar-refractivity contribution in [3.05, 3.63) is 0 Å². The first-order valence-corrected chi connectivity index (χ1v) is 14.5. The average Bonchev–Trinajstić information content (AvgIpc) is 2.84. The van der Waals surface area contributed by atoms with Gasteiger partial charge in [-0.05, 0) is 19.3 Å². The Labute approximate surface area is 210 Å². The molecule has 5 heteroatoms. The Morgan fingerprint density at radius 3 is 1.26 bits per heavy atom. The van der Waals surface area contributed by atoms with Crippen LogP contribution >= 0.6 is 0 Å². The van der Waals surface area contributed by atoms with Gasteiger partial charge in [0.2, 0.25) is 0 Å². The molecule has 0 aliphatic carbocycles. The number of rotatable bonds is 24. The fraction of sp³-hybridized carbons (Fsp3) is 0.931. The molecule has 0 amide bonds. The van der Waals surface area contributed by atoms with Gasteiger partial charge in [0.25, 0.3) is 0 Å². The third kappa shape index (κ3) is 15.9. The molecule has 0 aromatic heterocycles. The Hall–Kier alpha value is -0.940. The van der Waals surface area contributed by atoms with E-state index >= 15 is 0 Å². The maximum atomic E-state index is 13.4. The highest BCUT2D eigenvalue weighted by atomic mass is 16.6. The summed E-state index contributed by atoms with van der Waals surface area (Å²) in [5, 5.41) is 18.7. The van der Waals surface area contributed by atoms with Crippen LogP contribution in [0.2, 0.25) is 0 Å². The van der Waals surface area contributed by atoms with Crippen LogP contribution in [0.5, 0.6) is 0 Å². The summed E-state index contributed by atoms with van der Waals surface area (Å²) < 4.78 is 5.17. The molecular weight excluding hydrogens is 428 g/mol. The van der Waals surface area contributed by atoms with Crippen molar-refractivity contribution < 1.29 is 24.5 Å². The molecule has 5 nitrogen and oxygen atoms in total. The minimum Gasteiger partial charge on any atom is -0.393 e. The summed E-state index contributed by atoms with van der Waals surface area (Å²) in [7, 11) is 0. The van der Waals surface area contributed by atoms with Gasteiger partial charge in [-0.2, -0.15) is 0 Å². The largest absolute Gasteiger partial charge is 0.393 e. The van der Waals surface area contributed by atoms with Crippen molar-refractivity contribution in [1.29, 1.82) is 0 Å². The Morgan fingerprint density at radius 1 is 0.618 bits per heavy atom. The van der Waals surface area contributed by atoms with Crippen LogP contribution < -0.4 is 0 Å². The van der Waals surface area contributed by atoms with Crippen LogP contribution in [0.25, 0.3) is 0 Å². The van der Waals surface area contributed by atoms with Gasteiger partial charge in [0, 0.05) is 0 Å². The third-order valence-corrected chi connectivity index (χ3v) is 7.10. The summed E-state index contributed by atoms with van der Waals surface area (Å²) in [6.07, 6.45) is 21.3. The lowest BCUT2D eigenvalue weighted by atomic mass is 9.74. The van der Waals surface area contributed by atoms with Crippen molar-refractivity contribution in [3.63, 3.8) is 0 Å². The lowest BCUT2D eigenvalue weighted by molar-refractivity contribution is -0.175. The van der Waals surface area contributed by atoms with Crippen molar-refractivity contribution in [1.82, 2.24) is 0 Å². The molecule has 0 aliphatic rings. The number of aliphatic hydroxyl groups is 2. The molecule has 0 saturated heterocycles. The fourth-order valence-corrected chi connectivity index (χ4v) is 4.75. The summed E-state index contributed by atoms with van der Waals surface area (Å²) in [6.45, 7) is 5.89. The molecule has 0 heterocycles. The van der Waals surface area contributed by atoms with Crippen LogP contribution in [0.3, 0.4) is 0 Å². The van der Waals surface area contributed by atoms with Gasteiger partial charge in [-0.15, -0.1) is 0 Å². The predicted molar refractivity (Wildman–Crippen MR) is 141 cm³/mol. The molecular formula is C29H56O5. The molecule has 0 aliphatic heterocycles. The number of carbonyl (C=O) groups excluding carboxylic acids is 2. The fourth-order valence-electron chi connectivity index (χ4n) is 4.75. The summed E-state index contributed by atoms with van der Waals surface area (Å²) in [4.78, 5) is 25.5. The zero-order valence-corrected chi connectivity index (χ0v) is 22.8. The van der Waals surface area contributed by atoms with Crippen molar-refractivity contribution in [2.45, 2.75) is 162 Å². The van der Waals surface area contributed by atoms with Gasteiger partial charge < -0.3 is 14.9 Å². The van der Waals surface area contributed by atoms with Crippen LogP contribution in [0.15, 0.2) is 0 Å². The quantitative estimate of drug-likeness (QED) is 0.0835. The number of hydrogen-bond donors (Lipinski definition) is 2. The van der Waals surface area contributed by atoms with E-state index in [0.717, 1.165) is 57.8 Å². The predicted octanol–water partition coefficient (Wildman–Crippen LogP) is 7.65. The second kappa shape index (κ2) is 22.5. The number of unbranched alkanes of at least 4 members (excludes halogenated alkanes) is 15. The van der Waals surface area contributed by atoms with E-state index in [9.17, 15) is 14.7 Å². The maximum absolute atomic E-state index is 13.4. The third-order valence-electron chi connectivity index (χ3n) is 7.10. The van der Waals surface area contributed by atoms with Gasteiger partial charge in [-0.25, -0.2) is 4.79 Å². The molecule has 0 aromatic rings.